The molecule has 1 saturated heterocycles. The summed E-state index contributed by atoms with van der Waals surface area (Å²) in [6.45, 7) is 4.69. The summed E-state index contributed by atoms with van der Waals surface area (Å²) in [6.07, 6.45) is 3.10. The van der Waals surface area contributed by atoms with E-state index >= 15 is 0 Å². The van der Waals surface area contributed by atoms with Gasteiger partial charge in [0.05, 0.1) is 24.6 Å². The molecule has 0 amide bonds. The predicted octanol–water partition coefficient (Wildman–Crippen LogP) is 1.98. The Morgan fingerprint density at radius 2 is 2.00 bits per heavy atom. The maximum Gasteiger partial charge on any atom is 0.220 e. The van der Waals surface area contributed by atoms with Crippen LogP contribution in [0.4, 0.5) is 10.3 Å². The predicted molar refractivity (Wildman–Crippen MR) is 104 cm³/mol. The number of hydrogen-bond acceptors (Lipinski definition) is 7. The average molecular weight is 385 g/mol. The zero-order chi connectivity index (χ0) is 19.3. The van der Waals surface area contributed by atoms with Gasteiger partial charge in [0.1, 0.15) is 12.4 Å². The summed E-state index contributed by atoms with van der Waals surface area (Å²) in [5.41, 5.74) is 9.35. The smallest absolute Gasteiger partial charge is 0.220 e. The highest BCUT2D eigenvalue weighted by Gasteiger charge is 2.27. The summed E-state index contributed by atoms with van der Waals surface area (Å²) in [5, 5.41) is 4.40. The number of ether oxygens (including phenoxy) is 1. The highest BCUT2D eigenvalue weighted by atomic mass is 19.1. The van der Waals surface area contributed by atoms with Gasteiger partial charge in [-0.05, 0) is 30.0 Å². The van der Waals surface area contributed by atoms with Crippen LogP contribution in [0.2, 0.25) is 0 Å². The number of oxime groups is 1. The molecule has 1 aromatic heterocycles. The van der Waals surface area contributed by atoms with Gasteiger partial charge in [-0.25, -0.2) is 14.4 Å². The van der Waals surface area contributed by atoms with Crippen molar-refractivity contribution in [3.63, 3.8) is 0 Å². The summed E-state index contributed by atoms with van der Waals surface area (Å²) >= 11 is 0. The molecule has 1 aromatic carbocycles. The summed E-state index contributed by atoms with van der Waals surface area (Å²) in [6, 6.07) is 6.59. The van der Waals surface area contributed by atoms with E-state index in [2.05, 4.69) is 20.0 Å². The van der Waals surface area contributed by atoms with Crippen molar-refractivity contribution in [2.24, 2.45) is 5.16 Å². The van der Waals surface area contributed by atoms with Gasteiger partial charge < -0.3 is 15.3 Å². The molecule has 0 bridgehead atoms. The van der Waals surface area contributed by atoms with E-state index in [1.165, 1.54) is 12.1 Å². The topological polar surface area (TPSA) is 85.9 Å². The van der Waals surface area contributed by atoms with Crippen molar-refractivity contribution in [3.05, 3.63) is 53.1 Å². The number of halogens is 1. The number of aromatic nitrogens is 2. The SMILES string of the molecule is Nc1ncc2c(n1)CC(c1ccc(F)cc1)CC2=NOCCN1CCOCC1. The van der Waals surface area contributed by atoms with Crippen molar-refractivity contribution < 1.29 is 14.0 Å². The fraction of sp³-hybridized carbons (Fsp3) is 0.450. The van der Waals surface area contributed by atoms with Crippen molar-refractivity contribution >= 4 is 11.7 Å². The lowest BCUT2D eigenvalue weighted by Crippen LogP contribution is -2.38. The first kappa shape index (κ1) is 18.8. The van der Waals surface area contributed by atoms with E-state index in [0.717, 1.165) is 55.4 Å². The molecule has 2 aliphatic rings. The Morgan fingerprint density at radius 3 is 2.79 bits per heavy atom. The minimum Gasteiger partial charge on any atom is -0.394 e. The number of benzene rings is 1. The number of fused-ring (bicyclic) bond motifs is 1. The minimum absolute atomic E-state index is 0.143. The van der Waals surface area contributed by atoms with Gasteiger partial charge in [0.2, 0.25) is 5.95 Å². The van der Waals surface area contributed by atoms with Crippen LogP contribution < -0.4 is 5.73 Å². The standard InChI is InChI=1S/C20H24FN5O2/c21-16-3-1-14(2-4-16)15-11-18-17(13-23-20(22)24-18)19(12-15)25-28-10-7-26-5-8-27-9-6-26/h1-4,13,15H,5-12H2,(H2,22,23,24). The second-order valence-corrected chi connectivity index (χ2v) is 7.07. The van der Waals surface area contributed by atoms with Gasteiger partial charge in [0, 0.05) is 37.8 Å². The van der Waals surface area contributed by atoms with Gasteiger partial charge in [0.25, 0.3) is 0 Å². The lowest BCUT2D eigenvalue weighted by molar-refractivity contribution is 0.0211. The average Bonchev–Trinajstić information content (AvgIpc) is 2.72. The molecular weight excluding hydrogens is 361 g/mol. The Hall–Kier alpha value is -2.58. The third-order valence-electron chi connectivity index (χ3n) is 5.20. The van der Waals surface area contributed by atoms with E-state index in [4.69, 9.17) is 15.3 Å². The molecule has 1 atom stereocenters. The van der Waals surface area contributed by atoms with E-state index in [0.29, 0.717) is 19.4 Å². The van der Waals surface area contributed by atoms with Crippen LogP contribution >= 0.6 is 0 Å². The number of hydrogen-bond donors (Lipinski definition) is 1. The normalized spacial score (nSPS) is 21.5. The van der Waals surface area contributed by atoms with Crippen molar-refractivity contribution in [2.45, 2.75) is 18.8 Å². The van der Waals surface area contributed by atoms with E-state index in [-0.39, 0.29) is 17.7 Å². The maximum atomic E-state index is 13.3. The number of rotatable bonds is 5. The van der Waals surface area contributed by atoms with Gasteiger partial charge in [-0.3, -0.25) is 4.90 Å². The number of nitrogen functional groups attached to an aromatic ring is 1. The molecule has 2 aromatic rings. The molecule has 148 valence electrons. The van der Waals surface area contributed by atoms with Crippen LogP contribution in [0.5, 0.6) is 0 Å². The third-order valence-corrected chi connectivity index (χ3v) is 5.20. The zero-order valence-electron chi connectivity index (χ0n) is 15.7. The molecule has 0 spiro atoms. The molecule has 2 N–H and O–H groups in total. The Bertz CT molecular complexity index is 837. The number of morpholine rings is 1. The third kappa shape index (κ3) is 4.45. The van der Waals surface area contributed by atoms with Crippen LogP contribution in [0, 0.1) is 5.82 Å². The van der Waals surface area contributed by atoms with Crippen molar-refractivity contribution in [3.8, 4) is 0 Å². The van der Waals surface area contributed by atoms with Gasteiger partial charge >= 0.3 is 0 Å². The van der Waals surface area contributed by atoms with E-state index in [1.54, 1.807) is 6.20 Å². The van der Waals surface area contributed by atoms with Crippen LogP contribution in [0.3, 0.4) is 0 Å². The Labute approximate surface area is 163 Å². The molecule has 1 unspecified atom stereocenters. The van der Waals surface area contributed by atoms with Gasteiger partial charge in [-0.15, -0.1) is 0 Å². The molecule has 7 nitrogen and oxygen atoms in total. The maximum absolute atomic E-state index is 13.3. The van der Waals surface area contributed by atoms with E-state index in [9.17, 15) is 4.39 Å². The summed E-state index contributed by atoms with van der Waals surface area (Å²) in [5.74, 6) is 0.141. The molecule has 1 aliphatic carbocycles. The highest BCUT2D eigenvalue weighted by molar-refractivity contribution is 6.02. The second kappa shape index (κ2) is 8.62. The molecule has 4 rings (SSSR count). The van der Waals surface area contributed by atoms with Crippen LogP contribution in [0.25, 0.3) is 0 Å². The monoisotopic (exact) mass is 385 g/mol. The fourth-order valence-electron chi connectivity index (χ4n) is 3.65. The van der Waals surface area contributed by atoms with Crippen LogP contribution in [0.15, 0.2) is 35.6 Å². The molecule has 1 aliphatic heterocycles. The van der Waals surface area contributed by atoms with E-state index in [1.807, 2.05) is 12.1 Å². The van der Waals surface area contributed by atoms with Gasteiger partial charge in [-0.2, -0.15) is 0 Å². The lowest BCUT2D eigenvalue weighted by Gasteiger charge is -2.26. The van der Waals surface area contributed by atoms with Crippen LogP contribution in [-0.2, 0) is 16.0 Å². The first-order chi connectivity index (χ1) is 13.7. The minimum atomic E-state index is -0.244. The van der Waals surface area contributed by atoms with Crippen molar-refractivity contribution in [1.82, 2.24) is 14.9 Å². The summed E-state index contributed by atoms with van der Waals surface area (Å²) < 4.78 is 18.6. The van der Waals surface area contributed by atoms with Crippen molar-refractivity contribution in [2.75, 3.05) is 45.2 Å². The molecule has 1 fully saturated rings. The molecule has 0 radical (unpaired) electrons. The number of nitrogens with zero attached hydrogens (tertiary/aromatic N) is 4. The largest absolute Gasteiger partial charge is 0.394 e. The Balaban J connectivity index is 1.48. The van der Waals surface area contributed by atoms with E-state index < -0.39 is 0 Å². The summed E-state index contributed by atoms with van der Waals surface area (Å²) in [4.78, 5) is 16.4. The molecule has 0 saturated carbocycles. The lowest BCUT2D eigenvalue weighted by atomic mass is 9.82. The van der Waals surface area contributed by atoms with Crippen LogP contribution in [0.1, 0.15) is 29.2 Å². The highest BCUT2D eigenvalue weighted by Crippen LogP contribution is 2.32. The number of anilines is 1. The molecule has 28 heavy (non-hydrogen) atoms. The van der Waals surface area contributed by atoms with Gasteiger partial charge in [-0.1, -0.05) is 17.3 Å². The molecule has 8 heteroatoms. The quantitative estimate of drug-likeness (QED) is 0.626. The Kier molecular flexibility index (Phi) is 5.78. The Morgan fingerprint density at radius 1 is 1.21 bits per heavy atom. The van der Waals surface area contributed by atoms with Crippen LogP contribution in [-0.4, -0.2) is 60.0 Å². The fourth-order valence-corrected chi connectivity index (χ4v) is 3.65. The molecule has 2 heterocycles. The van der Waals surface area contributed by atoms with Gasteiger partial charge in [0.15, 0.2) is 0 Å². The first-order valence-corrected chi connectivity index (χ1v) is 9.55. The number of nitrogens with two attached hydrogens (primary N) is 1. The second-order valence-electron chi connectivity index (χ2n) is 7.07. The molecular formula is C20H24FN5O2. The summed E-state index contributed by atoms with van der Waals surface area (Å²) in [7, 11) is 0. The van der Waals surface area contributed by atoms with Crippen molar-refractivity contribution in [1.29, 1.82) is 0 Å². The zero-order valence-corrected chi connectivity index (χ0v) is 15.7. The first-order valence-electron chi connectivity index (χ1n) is 9.55.